The molecule has 4 heteroatoms. The van der Waals surface area contributed by atoms with E-state index in [1.165, 1.54) is 0 Å². The summed E-state index contributed by atoms with van der Waals surface area (Å²) in [5.41, 5.74) is 11.5. The number of carbonyl (C=O) groups excluding carboxylic acids is 1. The first-order valence-corrected chi connectivity index (χ1v) is 9.81. The number of ether oxygens (including phenoxy) is 1. The molecule has 0 saturated heterocycles. The maximum Gasteiger partial charge on any atom is 0.165 e. The van der Waals surface area contributed by atoms with E-state index in [1.54, 1.807) is 0 Å². The number of rotatable bonds is 4. The van der Waals surface area contributed by atoms with Crippen molar-refractivity contribution in [3.63, 3.8) is 0 Å². The maximum atomic E-state index is 12.8. The number of nitrogens with one attached hydrogen (secondary N) is 1. The van der Waals surface area contributed by atoms with Crippen LogP contribution in [-0.4, -0.2) is 10.8 Å². The van der Waals surface area contributed by atoms with Crippen molar-refractivity contribution >= 4 is 11.5 Å². The molecule has 4 rings (SSSR count). The normalized spacial score (nSPS) is 16.3. The van der Waals surface area contributed by atoms with Crippen LogP contribution in [0.15, 0.2) is 48.5 Å². The number of para-hydroxylation sites is 1. The number of aryl methyl sites for hydroxylation is 1. The third-order valence-corrected chi connectivity index (χ3v) is 5.67. The molecule has 0 saturated carbocycles. The minimum absolute atomic E-state index is 0.231. The summed E-state index contributed by atoms with van der Waals surface area (Å²) in [5, 5.41) is 0. The number of H-pyrrole nitrogens is 1. The molecule has 1 unspecified atom stereocenters. The lowest BCUT2D eigenvalue weighted by atomic mass is 9.77. The van der Waals surface area contributed by atoms with E-state index < -0.39 is 0 Å². The first-order valence-electron chi connectivity index (χ1n) is 9.81. The number of carbonyl (C=O) groups is 1. The molecular formula is C24H26N2O2. The van der Waals surface area contributed by atoms with Gasteiger partial charge in [0.25, 0.3) is 0 Å². The highest BCUT2D eigenvalue weighted by atomic mass is 16.5. The SMILES string of the molecule is Cc1[nH]c(-c2cc(N)ccc2Oc2ccccc2)c2c1C(=O)CC(C(C)C)C2. The van der Waals surface area contributed by atoms with Gasteiger partial charge in [-0.25, -0.2) is 0 Å². The summed E-state index contributed by atoms with van der Waals surface area (Å²) in [7, 11) is 0. The standard InChI is InChI=1S/C24H26N2O2/c1-14(2)16-11-20-23(21(27)12-16)15(3)26-24(20)19-13-17(25)9-10-22(19)28-18-7-5-4-6-8-18/h4-10,13-14,16,26H,11-12,25H2,1-3H3. The van der Waals surface area contributed by atoms with Crippen LogP contribution in [0.2, 0.25) is 0 Å². The minimum atomic E-state index is 0.231. The summed E-state index contributed by atoms with van der Waals surface area (Å²) in [6.45, 7) is 6.35. The number of Topliss-reactive ketones (excluding diaryl/α,β-unsaturated/α-hetero) is 1. The van der Waals surface area contributed by atoms with Gasteiger partial charge in [0.1, 0.15) is 11.5 Å². The van der Waals surface area contributed by atoms with Crippen molar-refractivity contribution in [2.24, 2.45) is 11.8 Å². The largest absolute Gasteiger partial charge is 0.457 e. The summed E-state index contributed by atoms with van der Waals surface area (Å²) in [6.07, 6.45) is 1.51. The van der Waals surface area contributed by atoms with Crippen LogP contribution in [0.5, 0.6) is 11.5 Å². The predicted octanol–water partition coefficient (Wildman–Crippen LogP) is 5.77. The van der Waals surface area contributed by atoms with E-state index in [0.717, 1.165) is 46.0 Å². The zero-order valence-electron chi connectivity index (χ0n) is 16.6. The van der Waals surface area contributed by atoms with E-state index >= 15 is 0 Å². The number of hydrogen-bond acceptors (Lipinski definition) is 3. The number of benzene rings is 2. The van der Waals surface area contributed by atoms with Crippen molar-refractivity contribution in [1.29, 1.82) is 0 Å². The smallest absolute Gasteiger partial charge is 0.165 e. The van der Waals surface area contributed by atoms with Crippen LogP contribution in [0.4, 0.5) is 5.69 Å². The molecule has 144 valence electrons. The van der Waals surface area contributed by atoms with Gasteiger partial charge < -0.3 is 15.5 Å². The van der Waals surface area contributed by atoms with Gasteiger partial charge in [-0.15, -0.1) is 0 Å². The first kappa shape index (κ1) is 18.4. The lowest BCUT2D eigenvalue weighted by Gasteiger charge is -2.26. The number of nitrogens with two attached hydrogens (primary N) is 1. The van der Waals surface area contributed by atoms with Crippen molar-refractivity contribution < 1.29 is 9.53 Å². The lowest BCUT2D eigenvalue weighted by Crippen LogP contribution is -2.23. The molecule has 1 aliphatic carbocycles. The fourth-order valence-corrected chi connectivity index (χ4v) is 4.08. The number of ketones is 1. The second kappa shape index (κ2) is 7.19. The summed E-state index contributed by atoms with van der Waals surface area (Å²) in [5.74, 6) is 2.54. The van der Waals surface area contributed by atoms with Gasteiger partial charge in [-0.1, -0.05) is 32.0 Å². The maximum absolute atomic E-state index is 12.8. The second-order valence-electron chi connectivity index (χ2n) is 7.98. The molecular weight excluding hydrogens is 348 g/mol. The Hall–Kier alpha value is -3.01. The van der Waals surface area contributed by atoms with Gasteiger partial charge in [0.15, 0.2) is 5.78 Å². The van der Waals surface area contributed by atoms with E-state index in [0.29, 0.717) is 23.9 Å². The molecule has 0 amide bonds. The van der Waals surface area contributed by atoms with Crippen molar-refractivity contribution in [1.82, 2.24) is 4.98 Å². The van der Waals surface area contributed by atoms with E-state index in [1.807, 2.05) is 55.5 Å². The molecule has 3 aromatic rings. The summed E-state index contributed by atoms with van der Waals surface area (Å²) in [6, 6.07) is 15.4. The molecule has 1 heterocycles. The molecule has 0 aliphatic heterocycles. The van der Waals surface area contributed by atoms with Gasteiger partial charge in [0.2, 0.25) is 0 Å². The Kier molecular flexibility index (Phi) is 4.71. The summed E-state index contributed by atoms with van der Waals surface area (Å²) >= 11 is 0. The molecule has 0 bridgehead atoms. The molecule has 0 spiro atoms. The van der Waals surface area contributed by atoms with Gasteiger partial charge in [-0.3, -0.25) is 4.79 Å². The molecule has 2 aromatic carbocycles. The zero-order chi connectivity index (χ0) is 19.8. The van der Waals surface area contributed by atoms with Crippen LogP contribution in [-0.2, 0) is 6.42 Å². The lowest BCUT2D eigenvalue weighted by molar-refractivity contribution is 0.0933. The van der Waals surface area contributed by atoms with Crippen LogP contribution in [0.3, 0.4) is 0 Å². The number of aromatic nitrogens is 1. The van der Waals surface area contributed by atoms with E-state index in [-0.39, 0.29) is 5.78 Å². The van der Waals surface area contributed by atoms with Gasteiger partial charge >= 0.3 is 0 Å². The number of aromatic amines is 1. The Morgan fingerprint density at radius 3 is 2.57 bits per heavy atom. The quantitative estimate of drug-likeness (QED) is 0.570. The topological polar surface area (TPSA) is 68.1 Å². The molecule has 0 fully saturated rings. The molecule has 4 nitrogen and oxygen atoms in total. The molecule has 3 N–H and O–H groups in total. The van der Waals surface area contributed by atoms with Crippen molar-refractivity contribution in [2.75, 3.05) is 5.73 Å². The average Bonchev–Trinajstić information content (AvgIpc) is 3.01. The van der Waals surface area contributed by atoms with Crippen LogP contribution >= 0.6 is 0 Å². The number of anilines is 1. The van der Waals surface area contributed by atoms with Crippen LogP contribution in [0.25, 0.3) is 11.3 Å². The second-order valence-corrected chi connectivity index (χ2v) is 7.98. The van der Waals surface area contributed by atoms with Crippen LogP contribution in [0, 0.1) is 18.8 Å². The van der Waals surface area contributed by atoms with Gasteiger partial charge in [0, 0.05) is 28.9 Å². The fraction of sp³-hybridized carbons (Fsp3) is 0.292. The number of hydrogen-bond donors (Lipinski definition) is 2. The summed E-state index contributed by atoms with van der Waals surface area (Å²) < 4.78 is 6.16. The van der Waals surface area contributed by atoms with Gasteiger partial charge in [-0.05, 0) is 61.1 Å². The molecule has 1 aromatic heterocycles. The van der Waals surface area contributed by atoms with Gasteiger partial charge in [-0.2, -0.15) is 0 Å². The van der Waals surface area contributed by atoms with Crippen LogP contribution in [0.1, 0.15) is 41.9 Å². The Labute approximate surface area is 165 Å². The number of nitrogen functional groups attached to an aromatic ring is 1. The highest BCUT2D eigenvalue weighted by Crippen LogP contribution is 2.42. The Bertz CT molecular complexity index is 1020. The fourth-order valence-electron chi connectivity index (χ4n) is 4.08. The highest BCUT2D eigenvalue weighted by Gasteiger charge is 2.32. The molecule has 28 heavy (non-hydrogen) atoms. The highest BCUT2D eigenvalue weighted by molar-refractivity contribution is 6.02. The van der Waals surface area contributed by atoms with Crippen LogP contribution < -0.4 is 10.5 Å². The molecule has 1 atom stereocenters. The number of fused-ring (bicyclic) bond motifs is 1. The van der Waals surface area contributed by atoms with Crippen molar-refractivity contribution in [3.05, 3.63) is 65.4 Å². The Morgan fingerprint density at radius 1 is 1.11 bits per heavy atom. The Morgan fingerprint density at radius 2 is 1.86 bits per heavy atom. The van der Waals surface area contributed by atoms with Gasteiger partial charge in [0.05, 0.1) is 5.69 Å². The monoisotopic (exact) mass is 374 g/mol. The van der Waals surface area contributed by atoms with E-state index in [2.05, 4.69) is 18.8 Å². The first-order chi connectivity index (χ1) is 13.4. The average molecular weight is 374 g/mol. The van der Waals surface area contributed by atoms with Crippen molar-refractivity contribution in [2.45, 2.75) is 33.6 Å². The van der Waals surface area contributed by atoms with E-state index in [4.69, 9.17) is 10.5 Å². The third-order valence-electron chi connectivity index (χ3n) is 5.67. The molecule has 0 radical (unpaired) electrons. The Balaban J connectivity index is 1.83. The molecule has 1 aliphatic rings. The van der Waals surface area contributed by atoms with Crippen molar-refractivity contribution in [3.8, 4) is 22.8 Å². The minimum Gasteiger partial charge on any atom is -0.457 e. The predicted molar refractivity (Wildman–Crippen MR) is 113 cm³/mol. The summed E-state index contributed by atoms with van der Waals surface area (Å²) in [4.78, 5) is 16.3. The third kappa shape index (κ3) is 3.31. The van der Waals surface area contributed by atoms with E-state index in [9.17, 15) is 4.79 Å². The zero-order valence-corrected chi connectivity index (χ0v) is 16.6.